The van der Waals surface area contributed by atoms with Gasteiger partial charge in [0, 0.05) is 73.3 Å². The molecule has 3 amide bonds. The van der Waals surface area contributed by atoms with Crippen molar-refractivity contribution in [1.29, 1.82) is 0 Å². The van der Waals surface area contributed by atoms with E-state index in [4.69, 9.17) is 5.11 Å². The van der Waals surface area contributed by atoms with Gasteiger partial charge in [-0.25, -0.2) is 22.8 Å². The smallest absolute Gasteiger partial charge is 0.407 e. The standard InChI is InChI=1S/C30H35F2N7O5S/c1-19-24(20-15-34-39(17-20)22-8-9-22)16-33-27(38-12-5-10-30(31,32)11-13-38)26(19)28(41)35-21-6-4-7-23(14-21)45(3,44)36-25(40)18-37(2)29(42)43/h4,6-7,14-17,22H,5,8-13,18H2,1-3H3,(H,35,41)(H,42,43). The highest BCUT2D eigenvalue weighted by Gasteiger charge is 2.34. The Hall–Kier alpha value is -4.40. The van der Waals surface area contributed by atoms with E-state index in [1.54, 1.807) is 36.4 Å². The number of carbonyl (C=O) groups is 3. The minimum atomic E-state index is -3.29. The Bertz CT molecular complexity index is 1760. The van der Waals surface area contributed by atoms with Crippen LogP contribution in [-0.2, 0) is 14.5 Å². The molecule has 0 spiro atoms. The molecule has 1 saturated carbocycles. The number of likely N-dealkylation sites (N-methyl/N-ethyl adjacent to an activating group) is 1. The molecule has 2 aromatic heterocycles. The van der Waals surface area contributed by atoms with Gasteiger partial charge in [0.1, 0.15) is 12.4 Å². The molecular formula is C30H35F2N7O5S. The number of carbonyl (C=O) groups excluding carboxylic acids is 2. The number of nitrogens with zero attached hydrogens (tertiary/aromatic N) is 6. The van der Waals surface area contributed by atoms with E-state index in [0.717, 1.165) is 23.3 Å². The predicted octanol–water partition coefficient (Wildman–Crippen LogP) is 5.06. The number of pyridine rings is 1. The van der Waals surface area contributed by atoms with Crippen LogP contribution in [0, 0.1) is 6.92 Å². The van der Waals surface area contributed by atoms with Crippen molar-refractivity contribution >= 4 is 39.1 Å². The molecule has 1 atom stereocenters. The van der Waals surface area contributed by atoms with Crippen molar-refractivity contribution in [3.63, 3.8) is 0 Å². The Morgan fingerprint density at radius 3 is 2.67 bits per heavy atom. The third-order valence-corrected chi connectivity index (χ3v) is 9.58. The van der Waals surface area contributed by atoms with Crippen LogP contribution in [0.15, 0.2) is 52.1 Å². The van der Waals surface area contributed by atoms with E-state index < -0.39 is 40.1 Å². The zero-order valence-corrected chi connectivity index (χ0v) is 26.0. The first-order valence-electron chi connectivity index (χ1n) is 14.5. The number of alkyl halides is 2. The van der Waals surface area contributed by atoms with E-state index >= 15 is 0 Å². The summed E-state index contributed by atoms with van der Waals surface area (Å²) in [5.41, 5.74) is 2.54. The lowest BCUT2D eigenvalue weighted by Crippen LogP contribution is -2.30. The molecule has 240 valence electrons. The van der Waals surface area contributed by atoms with Crippen LogP contribution < -0.4 is 10.2 Å². The minimum Gasteiger partial charge on any atom is -0.465 e. The predicted molar refractivity (Wildman–Crippen MR) is 164 cm³/mol. The van der Waals surface area contributed by atoms with Gasteiger partial charge in [-0.1, -0.05) is 6.07 Å². The van der Waals surface area contributed by atoms with Crippen molar-refractivity contribution in [3.8, 4) is 11.1 Å². The van der Waals surface area contributed by atoms with Gasteiger partial charge in [-0.15, -0.1) is 0 Å². The first-order chi connectivity index (χ1) is 21.2. The van der Waals surface area contributed by atoms with Crippen LogP contribution in [0.5, 0.6) is 0 Å². The maximum Gasteiger partial charge on any atom is 0.407 e. The number of benzene rings is 1. The van der Waals surface area contributed by atoms with Crippen LogP contribution in [0.2, 0.25) is 0 Å². The Morgan fingerprint density at radius 2 is 1.96 bits per heavy atom. The highest BCUT2D eigenvalue weighted by molar-refractivity contribution is 7.93. The van der Waals surface area contributed by atoms with E-state index in [9.17, 15) is 27.4 Å². The average Bonchev–Trinajstić information content (AvgIpc) is 3.73. The normalized spacial score (nSPS) is 17.6. The van der Waals surface area contributed by atoms with Gasteiger partial charge >= 0.3 is 6.09 Å². The third-order valence-electron chi connectivity index (χ3n) is 7.90. The number of rotatable bonds is 8. The molecule has 3 aromatic rings. The lowest BCUT2D eigenvalue weighted by molar-refractivity contribution is -0.118. The lowest BCUT2D eigenvalue weighted by Gasteiger charge is -2.26. The fourth-order valence-corrected chi connectivity index (χ4v) is 6.46. The molecule has 0 bridgehead atoms. The van der Waals surface area contributed by atoms with E-state index in [0.29, 0.717) is 29.5 Å². The van der Waals surface area contributed by atoms with Gasteiger partial charge in [-0.2, -0.15) is 9.46 Å². The molecule has 2 fully saturated rings. The number of amides is 3. The maximum atomic E-state index is 14.2. The van der Waals surface area contributed by atoms with Crippen LogP contribution in [0.1, 0.15) is 54.1 Å². The van der Waals surface area contributed by atoms with Crippen molar-refractivity contribution < 1.29 is 32.5 Å². The van der Waals surface area contributed by atoms with E-state index in [2.05, 4.69) is 19.8 Å². The van der Waals surface area contributed by atoms with Crippen LogP contribution in [0.3, 0.4) is 0 Å². The number of nitrogens with one attached hydrogen (secondary N) is 1. The van der Waals surface area contributed by atoms with Gasteiger partial charge in [0.25, 0.3) is 11.8 Å². The summed E-state index contributed by atoms with van der Waals surface area (Å²) in [5, 5.41) is 16.3. The Labute approximate surface area is 259 Å². The fourth-order valence-electron chi connectivity index (χ4n) is 5.23. The summed E-state index contributed by atoms with van der Waals surface area (Å²) in [6.45, 7) is 1.55. The van der Waals surface area contributed by atoms with Crippen LogP contribution in [0.4, 0.5) is 25.1 Å². The maximum absolute atomic E-state index is 14.2. The highest BCUT2D eigenvalue weighted by Crippen LogP contribution is 2.37. The van der Waals surface area contributed by atoms with Gasteiger partial charge in [0.2, 0.25) is 5.92 Å². The number of anilines is 2. The second-order valence-electron chi connectivity index (χ2n) is 11.5. The van der Waals surface area contributed by atoms with Crippen molar-refractivity contribution in [2.24, 2.45) is 4.36 Å². The van der Waals surface area contributed by atoms with E-state index in [1.165, 1.54) is 25.4 Å². The van der Waals surface area contributed by atoms with Crippen molar-refractivity contribution in [3.05, 3.63) is 54.0 Å². The summed E-state index contributed by atoms with van der Waals surface area (Å²) in [6.07, 6.45) is 6.93. The Morgan fingerprint density at radius 1 is 1.20 bits per heavy atom. The number of halogens is 2. The molecule has 1 aromatic carbocycles. The lowest BCUT2D eigenvalue weighted by atomic mass is 9.99. The summed E-state index contributed by atoms with van der Waals surface area (Å²) < 4.78 is 47.5. The zero-order chi connectivity index (χ0) is 32.5. The molecule has 1 saturated heterocycles. The van der Waals surface area contributed by atoms with Gasteiger partial charge < -0.3 is 20.2 Å². The topological polar surface area (TPSA) is 150 Å². The molecule has 45 heavy (non-hydrogen) atoms. The highest BCUT2D eigenvalue weighted by atomic mass is 32.2. The first kappa shape index (κ1) is 32.0. The SMILES string of the molecule is Cc1c(-c2cnn(C3CC3)c2)cnc(N2CCCC(F)(F)CC2)c1C(=O)Nc1cccc(S(C)(=O)=NC(=O)CN(C)C(=O)O)c1. The summed E-state index contributed by atoms with van der Waals surface area (Å²) in [6, 6.07) is 6.40. The summed E-state index contributed by atoms with van der Waals surface area (Å²) >= 11 is 0. The van der Waals surface area contributed by atoms with E-state index in [-0.39, 0.29) is 42.0 Å². The summed E-state index contributed by atoms with van der Waals surface area (Å²) in [5.74, 6) is -3.93. The summed E-state index contributed by atoms with van der Waals surface area (Å²) in [7, 11) is -2.10. The van der Waals surface area contributed by atoms with Gasteiger partial charge in [-0.3, -0.25) is 14.3 Å². The fraction of sp³-hybridized carbons (Fsp3) is 0.433. The van der Waals surface area contributed by atoms with E-state index in [1.807, 2.05) is 10.9 Å². The number of hydrogen-bond acceptors (Lipinski definition) is 7. The zero-order valence-electron chi connectivity index (χ0n) is 25.2. The van der Waals surface area contributed by atoms with Crippen LogP contribution in [-0.4, -0.2) is 85.7 Å². The first-order valence-corrected chi connectivity index (χ1v) is 16.4. The molecule has 12 nitrogen and oxygen atoms in total. The molecular weight excluding hydrogens is 608 g/mol. The molecule has 2 N–H and O–H groups in total. The molecule has 1 unspecified atom stereocenters. The molecule has 15 heteroatoms. The Kier molecular flexibility index (Phi) is 8.92. The van der Waals surface area contributed by atoms with Crippen LogP contribution in [0.25, 0.3) is 11.1 Å². The molecule has 1 aliphatic carbocycles. The minimum absolute atomic E-state index is 0.0264. The van der Waals surface area contributed by atoms with Gasteiger partial charge in [0.05, 0.1) is 27.5 Å². The number of carboxylic acid groups (broad SMARTS) is 1. The van der Waals surface area contributed by atoms with Gasteiger partial charge in [-0.05, 0) is 49.9 Å². The molecule has 5 rings (SSSR count). The molecule has 0 radical (unpaired) electrons. The van der Waals surface area contributed by atoms with Crippen LogP contribution >= 0.6 is 0 Å². The van der Waals surface area contributed by atoms with Crippen molar-refractivity contribution in [1.82, 2.24) is 19.7 Å². The van der Waals surface area contributed by atoms with Crippen molar-refractivity contribution in [2.45, 2.75) is 55.9 Å². The van der Waals surface area contributed by atoms with Crippen molar-refractivity contribution in [2.75, 3.05) is 43.2 Å². The summed E-state index contributed by atoms with van der Waals surface area (Å²) in [4.78, 5) is 44.5. The average molecular weight is 644 g/mol. The number of hydrogen-bond donors (Lipinski definition) is 2. The quantitative estimate of drug-likeness (QED) is 0.346. The second-order valence-corrected chi connectivity index (χ2v) is 13.8. The third kappa shape index (κ3) is 7.47. The molecule has 1 aliphatic heterocycles. The number of aromatic nitrogens is 3. The second kappa shape index (κ2) is 12.5. The molecule has 2 aliphatic rings. The Balaban J connectivity index is 1.48. The molecule has 3 heterocycles. The van der Waals surface area contributed by atoms with Gasteiger partial charge in [0.15, 0.2) is 0 Å². The largest absolute Gasteiger partial charge is 0.465 e. The monoisotopic (exact) mass is 643 g/mol.